The van der Waals surface area contributed by atoms with Gasteiger partial charge in [-0.05, 0) is 61.4 Å². The molecule has 0 saturated carbocycles. The normalized spacial score (nSPS) is 10.4. The molecule has 0 aliphatic heterocycles. The van der Waals surface area contributed by atoms with Gasteiger partial charge in [0.2, 0.25) is 0 Å². The van der Waals surface area contributed by atoms with Crippen LogP contribution in [0, 0.1) is 13.8 Å². The Morgan fingerprint density at radius 1 is 1.00 bits per heavy atom. The van der Waals surface area contributed by atoms with E-state index in [0.29, 0.717) is 0 Å². The highest BCUT2D eigenvalue weighted by Crippen LogP contribution is 2.34. The summed E-state index contributed by atoms with van der Waals surface area (Å²) >= 11 is 1.76. The largest absolute Gasteiger partial charge is 0.497 e. The van der Waals surface area contributed by atoms with Gasteiger partial charge in [-0.3, -0.25) is 0 Å². The van der Waals surface area contributed by atoms with Crippen LogP contribution in [0.1, 0.15) is 11.1 Å². The zero-order valence-corrected chi connectivity index (χ0v) is 11.7. The van der Waals surface area contributed by atoms with Crippen molar-refractivity contribution in [1.82, 2.24) is 0 Å². The molecule has 0 heterocycles. The number of anilines is 1. The molecule has 0 unspecified atom stereocenters. The maximum atomic E-state index is 5.83. The molecule has 18 heavy (non-hydrogen) atoms. The van der Waals surface area contributed by atoms with Crippen molar-refractivity contribution >= 4 is 17.4 Å². The third-order valence-corrected chi connectivity index (χ3v) is 4.12. The second kappa shape index (κ2) is 5.36. The summed E-state index contributed by atoms with van der Waals surface area (Å²) in [5.41, 5.74) is 9.09. The fourth-order valence-corrected chi connectivity index (χ4v) is 2.85. The van der Waals surface area contributed by atoms with Crippen LogP contribution in [-0.2, 0) is 0 Å². The Balaban J connectivity index is 2.28. The molecule has 0 aromatic heterocycles. The van der Waals surface area contributed by atoms with Gasteiger partial charge < -0.3 is 10.5 Å². The lowest BCUT2D eigenvalue weighted by Gasteiger charge is -2.11. The lowest BCUT2D eigenvalue weighted by atomic mass is 10.1. The third kappa shape index (κ3) is 2.79. The van der Waals surface area contributed by atoms with Gasteiger partial charge in [-0.25, -0.2) is 0 Å². The van der Waals surface area contributed by atoms with Gasteiger partial charge in [0.1, 0.15) is 5.75 Å². The molecule has 2 N–H and O–H groups in total. The Bertz CT molecular complexity index is 526. The first kappa shape index (κ1) is 12.8. The molecule has 2 rings (SSSR count). The molecule has 2 aromatic rings. The number of benzene rings is 2. The zero-order valence-electron chi connectivity index (χ0n) is 10.9. The molecule has 3 heteroatoms. The monoisotopic (exact) mass is 259 g/mol. The van der Waals surface area contributed by atoms with Crippen LogP contribution in [-0.4, -0.2) is 7.11 Å². The Hall–Kier alpha value is -1.61. The first-order valence-electron chi connectivity index (χ1n) is 5.79. The molecule has 0 aliphatic carbocycles. The molecular weight excluding hydrogens is 242 g/mol. The van der Waals surface area contributed by atoms with Crippen LogP contribution in [0.2, 0.25) is 0 Å². The van der Waals surface area contributed by atoms with Crippen molar-refractivity contribution in [2.75, 3.05) is 12.8 Å². The number of nitrogens with two attached hydrogens (primary N) is 1. The van der Waals surface area contributed by atoms with Crippen LogP contribution in [0.25, 0.3) is 0 Å². The van der Waals surface area contributed by atoms with Crippen molar-refractivity contribution in [3.05, 3.63) is 47.5 Å². The summed E-state index contributed by atoms with van der Waals surface area (Å²) in [5.74, 6) is 0.880. The fourth-order valence-electron chi connectivity index (χ4n) is 1.91. The quantitative estimate of drug-likeness (QED) is 0.845. The topological polar surface area (TPSA) is 35.2 Å². The summed E-state index contributed by atoms with van der Waals surface area (Å²) in [6.07, 6.45) is 0. The summed E-state index contributed by atoms with van der Waals surface area (Å²) in [4.78, 5) is 2.47. The molecule has 0 radical (unpaired) electrons. The van der Waals surface area contributed by atoms with E-state index >= 15 is 0 Å². The van der Waals surface area contributed by atoms with Crippen molar-refractivity contribution in [2.24, 2.45) is 0 Å². The van der Waals surface area contributed by atoms with Gasteiger partial charge >= 0.3 is 0 Å². The zero-order chi connectivity index (χ0) is 13.1. The van der Waals surface area contributed by atoms with Crippen LogP contribution in [0.4, 0.5) is 5.69 Å². The number of hydrogen-bond acceptors (Lipinski definition) is 3. The minimum Gasteiger partial charge on any atom is -0.497 e. The lowest BCUT2D eigenvalue weighted by molar-refractivity contribution is 0.414. The molecule has 0 saturated heterocycles. The second-order valence-corrected chi connectivity index (χ2v) is 5.35. The standard InChI is InChI=1S/C15H17NOS/c1-10-8-12(16)9-11(2)15(10)18-14-6-4-13(17-3)5-7-14/h4-9H,16H2,1-3H3. The van der Waals surface area contributed by atoms with E-state index in [0.717, 1.165) is 11.4 Å². The van der Waals surface area contributed by atoms with E-state index in [-0.39, 0.29) is 0 Å². The van der Waals surface area contributed by atoms with Crippen molar-refractivity contribution in [3.8, 4) is 5.75 Å². The van der Waals surface area contributed by atoms with Crippen LogP contribution in [0.3, 0.4) is 0 Å². The molecule has 2 aromatic carbocycles. The first-order valence-corrected chi connectivity index (χ1v) is 6.60. The summed E-state index contributed by atoms with van der Waals surface area (Å²) in [5, 5.41) is 0. The molecule has 0 aliphatic rings. The highest BCUT2D eigenvalue weighted by atomic mass is 32.2. The molecule has 2 nitrogen and oxygen atoms in total. The van der Waals surface area contributed by atoms with Gasteiger partial charge in [-0.15, -0.1) is 0 Å². The maximum Gasteiger partial charge on any atom is 0.118 e. The minimum absolute atomic E-state index is 0.823. The Labute approximate surface area is 112 Å². The SMILES string of the molecule is COc1ccc(Sc2c(C)cc(N)cc2C)cc1. The van der Waals surface area contributed by atoms with Crippen LogP contribution >= 0.6 is 11.8 Å². The Morgan fingerprint density at radius 3 is 2.06 bits per heavy atom. The molecule has 0 amide bonds. The fraction of sp³-hybridized carbons (Fsp3) is 0.200. The molecular formula is C15H17NOS. The van der Waals surface area contributed by atoms with E-state index in [2.05, 4.69) is 26.0 Å². The molecule has 0 fully saturated rings. The highest BCUT2D eigenvalue weighted by molar-refractivity contribution is 7.99. The average molecular weight is 259 g/mol. The van der Waals surface area contributed by atoms with E-state index < -0.39 is 0 Å². The predicted octanol–water partition coefficient (Wildman–Crippen LogP) is 4.05. The number of methoxy groups -OCH3 is 1. The maximum absolute atomic E-state index is 5.83. The first-order chi connectivity index (χ1) is 8.60. The van der Waals surface area contributed by atoms with Crippen LogP contribution in [0.5, 0.6) is 5.75 Å². The Kier molecular flexibility index (Phi) is 3.82. The number of aryl methyl sites for hydroxylation is 2. The van der Waals surface area contributed by atoms with Crippen molar-refractivity contribution in [2.45, 2.75) is 23.6 Å². The third-order valence-electron chi connectivity index (χ3n) is 2.76. The van der Waals surface area contributed by atoms with Gasteiger partial charge in [0.05, 0.1) is 7.11 Å². The number of hydrogen-bond donors (Lipinski definition) is 1. The summed E-state index contributed by atoms with van der Waals surface area (Å²) in [6.45, 7) is 4.18. The van der Waals surface area contributed by atoms with Gasteiger partial charge in [0.25, 0.3) is 0 Å². The van der Waals surface area contributed by atoms with E-state index in [1.54, 1.807) is 18.9 Å². The number of ether oxygens (including phenoxy) is 1. The van der Waals surface area contributed by atoms with Crippen LogP contribution < -0.4 is 10.5 Å². The minimum atomic E-state index is 0.823. The second-order valence-electron chi connectivity index (χ2n) is 4.26. The van der Waals surface area contributed by atoms with E-state index in [9.17, 15) is 0 Å². The van der Waals surface area contributed by atoms with Crippen molar-refractivity contribution in [3.63, 3.8) is 0 Å². The lowest BCUT2D eigenvalue weighted by Crippen LogP contribution is -1.91. The van der Waals surface area contributed by atoms with Crippen molar-refractivity contribution in [1.29, 1.82) is 0 Å². The van der Waals surface area contributed by atoms with E-state index in [4.69, 9.17) is 10.5 Å². The highest BCUT2D eigenvalue weighted by Gasteiger charge is 2.06. The van der Waals surface area contributed by atoms with E-state index in [1.165, 1.54) is 20.9 Å². The van der Waals surface area contributed by atoms with Gasteiger partial charge in [0, 0.05) is 15.5 Å². The molecule has 0 atom stereocenters. The predicted molar refractivity (Wildman–Crippen MR) is 77.4 cm³/mol. The number of rotatable bonds is 3. The number of nitrogen functional groups attached to an aromatic ring is 1. The van der Waals surface area contributed by atoms with Gasteiger partial charge in [0.15, 0.2) is 0 Å². The van der Waals surface area contributed by atoms with Gasteiger partial charge in [-0.1, -0.05) is 11.8 Å². The van der Waals surface area contributed by atoms with Gasteiger partial charge in [-0.2, -0.15) is 0 Å². The molecule has 0 bridgehead atoms. The van der Waals surface area contributed by atoms with Crippen molar-refractivity contribution < 1.29 is 4.74 Å². The molecule has 94 valence electrons. The average Bonchev–Trinajstić information content (AvgIpc) is 2.34. The summed E-state index contributed by atoms with van der Waals surface area (Å²) in [6, 6.07) is 12.1. The molecule has 0 spiro atoms. The van der Waals surface area contributed by atoms with E-state index in [1.807, 2.05) is 24.3 Å². The summed E-state index contributed by atoms with van der Waals surface area (Å²) in [7, 11) is 1.68. The van der Waals surface area contributed by atoms with Crippen LogP contribution in [0.15, 0.2) is 46.2 Å². The summed E-state index contributed by atoms with van der Waals surface area (Å²) < 4.78 is 5.16. The Morgan fingerprint density at radius 2 is 1.56 bits per heavy atom. The smallest absolute Gasteiger partial charge is 0.118 e.